The van der Waals surface area contributed by atoms with Gasteiger partial charge in [-0.2, -0.15) is 0 Å². The average Bonchev–Trinajstić information content (AvgIpc) is 3.43. The Kier molecular flexibility index (Phi) is 5.16. The number of hydrogen-bond donors (Lipinski definition) is 2. The first-order valence-electron chi connectivity index (χ1n) is 10.4. The van der Waals surface area contributed by atoms with Crippen LogP contribution in [0.3, 0.4) is 0 Å². The molecule has 31 heavy (non-hydrogen) atoms. The maximum absolute atomic E-state index is 14.0. The zero-order valence-corrected chi connectivity index (χ0v) is 17.0. The van der Waals surface area contributed by atoms with E-state index in [1.54, 1.807) is 12.3 Å². The summed E-state index contributed by atoms with van der Waals surface area (Å²) in [6.07, 6.45) is 3.23. The third-order valence-corrected chi connectivity index (χ3v) is 5.71. The van der Waals surface area contributed by atoms with E-state index in [1.807, 2.05) is 41.3 Å². The number of fused-ring (bicyclic) bond motifs is 1. The molecule has 2 aliphatic heterocycles. The summed E-state index contributed by atoms with van der Waals surface area (Å²) >= 11 is 0. The third-order valence-electron chi connectivity index (χ3n) is 5.71. The smallest absolute Gasteiger partial charge is 0.319 e. The van der Waals surface area contributed by atoms with Crippen molar-refractivity contribution in [1.82, 2.24) is 10.3 Å². The first-order chi connectivity index (χ1) is 15.2. The number of anilines is 2. The lowest BCUT2D eigenvalue weighted by Gasteiger charge is -2.18. The number of carbonyl (C=O) groups is 1. The normalized spacial score (nSPS) is 17.2. The number of benzene rings is 2. The number of nitrogens with zero attached hydrogens (tertiary/aromatic N) is 2. The van der Waals surface area contributed by atoms with Crippen molar-refractivity contribution in [2.45, 2.75) is 18.9 Å². The minimum Gasteiger partial charge on any atom is -0.493 e. The predicted octanol–water partition coefficient (Wildman–Crippen LogP) is 4.22. The topological polar surface area (TPSA) is 66.5 Å². The fraction of sp³-hybridized carbons (Fsp3) is 0.250. The molecule has 0 bridgehead atoms. The van der Waals surface area contributed by atoms with Crippen LogP contribution in [-0.2, 0) is 6.42 Å². The molecule has 1 saturated heterocycles. The van der Waals surface area contributed by atoms with Gasteiger partial charge < -0.3 is 20.3 Å². The molecule has 7 heteroatoms. The van der Waals surface area contributed by atoms with Crippen molar-refractivity contribution in [3.63, 3.8) is 0 Å². The molecule has 0 spiro atoms. The highest BCUT2D eigenvalue weighted by Crippen LogP contribution is 2.31. The number of urea groups is 1. The Balaban J connectivity index is 1.21. The van der Waals surface area contributed by atoms with Gasteiger partial charge in [0.25, 0.3) is 0 Å². The van der Waals surface area contributed by atoms with Gasteiger partial charge in [0.05, 0.1) is 6.61 Å². The van der Waals surface area contributed by atoms with Crippen molar-refractivity contribution >= 4 is 17.5 Å². The van der Waals surface area contributed by atoms with Gasteiger partial charge in [0.2, 0.25) is 0 Å². The lowest BCUT2D eigenvalue weighted by Crippen LogP contribution is -2.39. The highest BCUT2D eigenvalue weighted by Gasteiger charge is 2.26. The van der Waals surface area contributed by atoms with Gasteiger partial charge in [0.15, 0.2) is 11.6 Å². The van der Waals surface area contributed by atoms with Crippen LogP contribution in [0, 0.1) is 5.82 Å². The quantitative estimate of drug-likeness (QED) is 0.666. The van der Waals surface area contributed by atoms with Crippen LogP contribution in [0.4, 0.5) is 20.7 Å². The van der Waals surface area contributed by atoms with Crippen LogP contribution in [0.2, 0.25) is 0 Å². The highest BCUT2D eigenvalue weighted by molar-refractivity contribution is 5.90. The summed E-state index contributed by atoms with van der Waals surface area (Å²) in [4.78, 5) is 18.5. The van der Waals surface area contributed by atoms with E-state index >= 15 is 0 Å². The second-order valence-corrected chi connectivity index (χ2v) is 7.84. The molecule has 2 aromatic carbocycles. The second kappa shape index (κ2) is 8.26. The van der Waals surface area contributed by atoms with Crippen molar-refractivity contribution < 1.29 is 13.9 Å². The van der Waals surface area contributed by atoms with Gasteiger partial charge in [-0.1, -0.05) is 18.2 Å². The van der Waals surface area contributed by atoms with Crippen molar-refractivity contribution in [2.24, 2.45) is 0 Å². The maximum atomic E-state index is 14.0. The van der Waals surface area contributed by atoms with E-state index in [9.17, 15) is 9.18 Å². The van der Waals surface area contributed by atoms with Crippen LogP contribution < -0.4 is 20.3 Å². The zero-order valence-electron chi connectivity index (χ0n) is 17.0. The molecule has 0 aliphatic carbocycles. The number of nitrogens with one attached hydrogen (secondary N) is 2. The molecule has 1 unspecified atom stereocenters. The van der Waals surface area contributed by atoms with Crippen molar-refractivity contribution in [3.05, 3.63) is 72.2 Å². The van der Waals surface area contributed by atoms with Gasteiger partial charge in [-0.15, -0.1) is 0 Å². The van der Waals surface area contributed by atoms with Gasteiger partial charge in [0, 0.05) is 37.4 Å². The molecule has 0 saturated carbocycles. The number of rotatable bonds is 4. The Bertz CT molecular complexity index is 1120. The van der Waals surface area contributed by atoms with Crippen LogP contribution in [-0.4, -0.2) is 36.8 Å². The fourth-order valence-corrected chi connectivity index (χ4v) is 4.18. The number of aromatic nitrogens is 1. The fourth-order valence-electron chi connectivity index (χ4n) is 4.18. The van der Waals surface area contributed by atoms with E-state index in [0.717, 1.165) is 42.0 Å². The van der Waals surface area contributed by atoms with Crippen molar-refractivity contribution in [3.8, 4) is 16.9 Å². The van der Waals surface area contributed by atoms with E-state index < -0.39 is 0 Å². The van der Waals surface area contributed by atoms with Crippen LogP contribution in [0.1, 0.15) is 12.0 Å². The second-order valence-electron chi connectivity index (χ2n) is 7.84. The summed E-state index contributed by atoms with van der Waals surface area (Å²) in [5, 5.41) is 5.90. The van der Waals surface area contributed by atoms with Gasteiger partial charge in [0.1, 0.15) is 5.75 Å². The lowest BCUT2D eigenvalue weighted by atomic mass is 10.0. The van der Waals surface area contributed by atoms with E-state index in [2.05, 4.69) is 21.7 Å². The van der Waals surface area contributed by atoms with E-state index in [0.29, 0.717) is 18.9 Å². The summed E-state index contributed by atoms with van der Waals surface area (Å²) in [6, 6.07) is 16.6. The van der Waals surface area contributed by atoms with E-state index in [-0.39, 0.29) is 17.9 Å². The van der Waals surface area contributed by atoms with Crippen LogP contribution in [0.5, 0.6) is 5.75 Å². The standard InChI is InChI=1S/C24H23FN4O2/c25-21-5-2-10-26-23(21)29-11-8-20(15-29)28-24(30)27-19-4-1-3-16(14-19)17-6-7-22-18(13-17)9-12-31-22/h1-7,10,13-14,20H,8-9,11-12,15H2,(H2,27,28,30). The van der Waals surface area contributed by atoms with Crippen LogP contribution in [0.25, 0.3) is 11.1 Å². The minimum absolute atomic E-state index is 0.0682. The Morgan fingerprint density at radius 2 is 2.03 bits per heavy atom. The van der Waals surface area contributed by atoms with Gasteiger partial charge in [-0.05, 0) is 59.5 Å². The first kappa shape index (κ1) is 19.4. The highest BCUT2D eigenvalue weighted by atomic mass is 19.1. The molecule has 0 radical (unpaired) electrons. The number of pyridine rings is 1. The molecule has 1 aromatic heterocycles. The molecule has 2 amide bonds. The van der Waals surface area contributed by atoms with Gasteiger partial charge in [-0.3, -0.25) is 0 Å². The van der Waals surface area contributed by atoms with Crippen molar-refractivity contribution in [2.75, 3.05) is 29.9 Å². The molecular weight excluding hydrogens is 395 g/mol. The van der Waals surface area contributed by atoms with Crippen LogP contribution >= 0.6 is 0 Å². The third kappa shape index (κ3) is 4.17. The molecule has 6 nitrogen and oxygen atoms in total. The Morgan fingerprint density at radius 3 is 2.94 bits per heavy atom. The van der Waals surface area contributed by atoms with Gasteiger partial charge >= 0.3 is 6.03 Å². The zero-order chi connectivity index (χ0) is 21.2. The summed E-state index contributed by atoms with van der Waals surface area (Å²) in [5.41, 5.74) is 4.06. The summed E-state index contributed by atoms with van der Waals surface area (Å²) < 4.78 is 19.5. The number of hydrogen-bond acceptors (Lipinski definition) is 4. The minimum atomic E-state index is -0.345. The Labute approximate surface area is 180 Å². The lowest BCUT2D eigenvalue weighted by molar-refractivity contribution is 0.249. The molecule has 3 aromatic rings. The molecule has 3 heterocycles. The van der Waals surface area contributed by atoms with Gasteiger partial charge in [-0.25, -0.2) is 14.2 Å². The number of amides is 2. The molecule has 2 aliphatic rings. The first-order valence-corrected chi connectivity index (χ1v) is 10.4. The monoisotopic (exact) mass is 418 g/mol. The predicted molar refractivity (Wildman–Crippen MR) is 118 cm³/mol. The molecular formula is C24H23FN4O2. The summed E-state index contributed by atoms with van der Waals surface area (Å²) in [7, 11) is 0. The number of halogens is 1. The van der Waals surface area contributed by atoms with Crippen LogP contribution in [0.15, 0.2) is 60.8 Å². The number of carbonyl (C=O) groups excluding carboxylic acids is 1. The number of ether oxygens (including phenoxy) is 1. The maximum Gasteiger partial charge on any atom is 0.319 e. The summed E-state index contributed by atoms with van der Waals surface area (Å²) in [6.45, 7) is 1.90. The molecule has 5 rings (SSSR count). The Morgan fingerprint density at radius 1 is 1.13 bits per heavy atom. The summed E-state index contributed by atoms with van der Waals surface area (Å²) in [5.74, 6) is 0.941. The van der Waals surface area contributed by atoms with E-state index in [1.165, 1.54) is 11.6 Å². The average molecular weight is 418 g/mol. The molecule has 158 valence electrons. The molecule has 1 atom stereocenters. The molecule has 1 fully saturated rings. The largest absolute Gasteiger partial charge is 0.493 e. The Hall–Kier alpha value is -3.61. The van der Waals surface area contributed by atoms with Crippen molar-refractivity contribution in [1.29, 1.82) is 0 Å². The SMILES string of the molecule is O=C(Nc1cccc(-c2ccc3c(c2)CCO3)c1)NC1CCN(c2ncccc2F)C1. The molecule has 2 N–H and O–H groups in total. The van der Waals surface area contributed by atoms with E-state index in [4.69, 9.17) is 4.74 Å².